The summed E-state index contributed by atoms with van der Waals surface area (Å²) in [5, 5.41) is 3.21. The Hall–Kier alpha value is -0.570. The first-order valence-electron chi connectivity index (χ1n) is 5.17. The maximum atomic E-state index is 11.7. The lowest BCUT2D eigenvalue weighted by atomic mass is 9.95. The van der Waals surface area contributed by atoms with Crippen LogP contribution in [-0.2, 0) is 9.53 Å². The largest absolute Gasteiger partial charge is 0.461 e. The van der Waals surface area contributed by atoms with Crippen LogP contribution in [0.3, 0.4) is 0 Å². The lowest BCUT2D eigenvalue weighted by molar-refractivity contribution is -0.159. The maximum absolute atomic E-state index is 11.7. The van der Waals surface area contributed by atoms with Crippen LogP contribution in [0.5, 0.6) is 0 Å². The minimum Gasteiger partial charge on any atom is -0.461 e. The van der Waals surface area contributed by atoms with Crippen molar-refractivity contribution in [1.82, 2.24) is 5.32 Å². The molecule has 1 atom stereocenters. The average Bonchev–Trinajstić information content (AvgIpc) is 2.45. The Bertz CT molecular complexity index is 205. The first-order chi connectivity index (χ1) is 6.21. The van der Waals surface area contributed by atoms with E-state index in [4.69, 9.17) is 4.74 Å². The maximum Gasteiger partial charge on any atom is 0.326 e. The van der Waals surface area contributed by atoms with Crippen LogP contribution in [0.2, 0.25) is 0 Å². The standard InChI is InChI=1S/C10H17NO2/c1-10(6-3-7-11-10)9(12)13-8-4-2-5-8/h8,11H,2-7H2,1H3. The van der Waals surface area contributed by atoms with Gasteiger partial charge < -0.3 is 10.1 Å². The van der Waals surface area contributed by atoms with E-state index in [1.807, 2.05) is 6.92 Å². The molecule has 1 N–H and O–H groups in total. The molecular formula is C10H17NO2. The lowest BCUT2D eigenvalue weighted by Crippen LogP contribution is -2.47. The molecule has 0 bridgehead atoms. The van der Waals surface area contributed by atoms with Crippen LogP contribution < -0.4 is 5.32 Å². The van der Waals surface area contributed by atoms with Crippen molar-refractivity contribution >= 4 is 5.97 Å². The van der Waals surface area contributed by atoms with Crippen molar-refractivity contribution in [3.05, 3.63) is 0 Å². The number of hydrogen-bond acceptors (Lipinski definition) is 3. The van der Waals surface area contributed by atoms with Crippen LogP contribution in [0.15, 0.2) is 0 Å². The van der Waals surface area contributed by atoms with Crippen molar-refractivity contribution in [3.63, 3.8) is 0 Å². The zero-order chi connectivity index (χ0) is 9.31. The van der Waals surface area contributed by atoms with Gasteiger partial charge in [-0.25, -0.2) is 0 Å². The van der Waals surface area contributed by atoms with Gasteiger partial charge >= 0.3 is 5.97 Å². The van der Waals surface area contributed by atoms with E-state index in [0.29, 0.717) is 0 Å². The molecule has 2 rings (SSSR count). The zero-order valence-corrected chi connectivity index (χ0v) is 8.14. The molecule has 1 aliphatic carbocycles. The fraction of sp³-hybridized carbons (Fsp3) is 0.900. The van der Waals surface area contributed by atoms with Crippen LogP contribution in [0.25, 0.3) is 0 Å². The molecule has 0 amide bonds. The number of ether oxygens (including phenoxy) is 1. The fourth-order valence-electron chi connectivity index (χ4n) is 1.84. The molecule has 2 fully saturated rings. The van der Waals surface area contributed by atoms with Gasteiger partial charge in [0.1, 0.15) is 11.6 Å². The SMILES string of the molecule is CC1(C(=O)OC2CCC2)CCCN1. The molecule has 0 aromatic carbocycles. The van der Waals surface area contributed by atoms with E-state index in [1.165, 1.54) is 6.42 Å². The van der Waals surface area contributed by atoms with Crippen LogP contribution in [-0.4, -0.2) is 24.2 Å². The summed E-state index contributed by atoms with van der Waals surface area (Å²) in [7, 11) is 0. The predicted molar refractivity (Wildman–Crippen MR) is 49.4 cm³/mol. The fourth-order valence-corrected chi connectivity index (χ4v) is 1.84. The number of nitrogens with one attached hydrogen (secondary N) is 1. The van der Waals surface area contributed by atoms with Gasteiger partial charge in [0.25, 0.3) is 0 Å². The summed E-state index contributed by atoms with van der Waals surface area (Å²) in [5.41, 5.74) is -0.393. The molecular weight excluding hydrogens is 166 g/mol. The number of rotatable bonds is 2. The minimum absolute atomic E-state index is 0.0466. The van der Waals surface area contributed by atoms with E-state index < -0.39 is 5.54 Å². The Labute approximate surface area is 78.8 Å². The van der Waals surface area contributed by atoms with Crippen LogP contribution in [0, 0.1) is 0 Å². The number of carbonyl (C=O) groups excluding carboxylic acids is 1. The Morgan fingerprint density at radius 2 is 2.23 bits per heavy atom. The molecule has 0 aromatic heterocycles. The third-order valence-electron chi connectivity index (χ3n) is 3.15. The molecule has 1 unspecified atom stereocenters. The molecule has 2 aliphatic rings. The summed E-state index contributed by atoms with van der Waals surface area (Å²) in [6, 6.07) is 0. The summed E-state index contributed by atoms with van der Waals surface area (Å²) in [6.45, 7) is 2.89. The summed E-state index contributed by atoms with van der Waals surface area (Å²) in [5.74, 6) is -0.0466. The normalized spacial score (nSPS) is 34.2. The second-order valence-electron chi connectivity index (χ2n) is 4.32. The van der Waals surface area contributed by atoms with Gasteiger partial charge in [0, 0.05) is 0 Å². The van der Waals surface area contributed by atoms with Crippen LogP contribution >= 0.6 is 0 Å². The summed E-state index contributed by atoms with van der Waals surface area (Å²) in [6.07, 6.45) is 5.53. The smallest absolute Gasteiger partial charge is 0.326 e. The number of hydrogen-bond donors (Lipinski definition) is 1. The molecule has 0 radical (unpaired) electrons. The Kier molecular flexibility index (Phi) is 2.28. The summed E-state index contributed by atoms with van der Waals surface area (Å²) in [4.78, 5) is 11.7. The second-order valence-corrected chi connectivity index (χ2v) is 4.32. The van der Waals surface area contributed by atoms with E-state index in [9.17, 15) is 4.79 Å². The first-order valence-corrected chi connectivity index (χ1v) is 5.17. The molecule has 0 spiro atoms. The molecule has 1 aliphatic heterocycles. The predicted octanol–water partition coefficient (Wildman–Crippen LogP) is 1.22. The zero-order valence-electron chi connectivity index (χ0n) is 8.14. The van der Waals surface area contributed by atoms with Crippen LogP contribution in [0.4, 0.5) is 0 Å². The van der Waals surface area contributed by atoms with Crippen molar-refractivity contribution in [1.29, 1.82) is 0 Å². The molecule has 1 heterocycles. The Morgan fingerprint density at radius 1 is 1.46 bits per heavy atom. The van der Waals surface area contributed by atoms with Crippen LogP contribution in [0.1, 0.15) is 39.0 Å². The highest BCUT2D eigenvalue weighted by Gasteiger charge is 2.39. The highest BCUT2D eigenvalue weighted by atomic mass is 16.5. The third kappa shape index (κ3) is 1.70. The van der Waals surface area contributed by atoms with Gasteiger partial charge in [-0.3, -0.25) is 4.79 Å². The molecule has 13 heavy (non-hydrogen) atoms. The Balaban J connectivity index is 1.87. The molecule has 1 saturated heterocycles. The van der Waals surface area contributed by atoms with Gasteiger partial charge in [0.15, 0.2) is 0 Å². The van der Waals surface area contributed by atoms with Gasteiger partial charge in [-0.05, 0) is 45.6 Å². The van der Waals surface area contributed by atoms with E-state index in [2.05, 4.69) is 5.32 Å². The second kappa shape index (κ2) is 3.29. The third-order valence-corrected chi connectivity index (χ3v) is 3.15. The molecule has 74 valence electrons. The minimum atomic E-state index is -0.393. The quantitative estimate of drug-likeness (QED) is 0.654. The van der Waals surface area contributed by atoms with Crippen molar-refractivity contribution in [3.8, 4) is 0 Å². The highest BCUT2D eigenvalue weighted by molar-refractivity contribution is 5.80. The van der Waals surface area contributed by atoms with E-state index in [1.54, 1.807) is 0 Å². The molecule has 0 aromatic rings. The lowest BCUT2D eigenvalue weighted by Gasteiger charge is -2.30. The molecule has 3 nitrogen and oxygen atoms in total. The van der Waals surface area contributed by atoms with E-state index in [0.717, 1.165) is 32.2 Å². The topological polar surface area (TPSA) is 38.3 Å². The van der Waals surface area contributed by atoms with Gasteiger partial charge in [0.2, 0.25) is 0 Å². The highest BCUT2D eigenvalue weighted by Crippen LogP contribution is 2.26. The summed E-state index contributed by atoms with van der Waals surface area (Å²) < 4.78 is 5.37. The van der Waals surface area contributed by atoms with Crippen molar-refractivity contribution in [2.45, 2.75) is 50.7 Å². The molecule has 1 saturated carbocycles. The van der Waals surface area contributed by atoms with E-state index in [-0.39, 0.29) is 12.1 Å². The van der Waals surface area contributed by atoms with Gasteiger partial charge in [-0.15, -0.1) is 0 Å². The van der Waals surface area contributed by atoms with Crippen molar-refractivity contribution in [2.24, 2.45) is 0 Å². The monoisotopic (exact) mass is 183 g/mol. The molecule has 3 heteroatoms. The van der Waals surface area contributed by atoms with Gasteiger partial charge in [-0.2, -0.15) is 0 Å². The van der Waals surface area contributed by atoms with Crippen molar-refractivity contribution < 1.29 is 9.53 Å². The summed E-state index contributed by atoms with van der Waals surface area (Å²) >= 11 is 0. The number of esters is 1. The first kappa shape index (κ1) is 9.00. The Morgan fingerprint density at radius 3 is 2.69 bits per heavy atom. The average molecular weight is 183 g/mol. The van der Waals surface area contributed by atoms with Gasteiger partial charge in [0.05, 0.1) is 0 Å². The van der Waals surface area contributed by atoms with Gasteiger partial charge in [-0.1, -0.05) is 0 Å². The van der Waals surface area contributed by atoms with Crippen molar-refractivity contribution in [2.75, 3.05) is 6.54 Å². The number of carbonyl (C=O) groups is 1. The van der Waals surface area contributed by atoms with E-state index >= 15 is 0 Å².